The first-order valence-electron chi connectivity index (χ1n) is 14.7. The van der Waals surface area contributed by atoms with Gasteiger partial charge < -0.3 is 9.29 Å². The highest BCUT2D eigenvalue weighted by atomic mass is 32.3. The van der Waals surface area contributed by atoms with Crippen molar-refractivity contribution in [3.05, 3.63) is 84.9 Å². The van der Waals surface area contributed by atoms with Crippen LogP contribution in [0.4, 0.5) is 39.5 Å². The highest BCUT2D eigenvalue weighted by Crippen LogP contribution is 2.33. The number of halogens is 9. The van der Waals surface area contributed by atoms with Crippen LogP contribution in [-0.2, 0) is 34.0 Å². The van der Waals surface area contributed by atoms with Gasteiger partial charge in [-0.2, -0.15) is 64.8 Å². The minimum Gasteiger partial charge on any atom is -0.507 e. The maximum Gasteiger partial charge on any atom is 0.534 e. The summed E-state index contributed by atoms with van der Waals surface area (Å²) in [6, 6.07) is 25.3. The molecule has 22 heteroatoms. The normalized spacial score (nSPS) is 12.8. The molecule has 4 aromatic rings. The highest BCUT2D eigenvalue weighted by molar-refractivity contribution is 8.00. The van der Waals surface area contributed by atoms with Gasteiger partial charge >= 0.3 is 46.9 Å². The Balaban J connectivity index is 0.000000365. The van der Waals surface area contributed by atoms with Gasteiger partial charge in [0.15, 0.2) is 5.75 Å². The van der Waals surface area contributed by atoms with Gasteiger partial charge in [0.1, 0.15) is 5.75 Å². The van der Waals surface area contributed by atoms with E-state index in [0.29, 0.717) is 28.6 Å². The number of rotatable bonds is 7. The van der Waals surface area contributed by atoms with Gasteiger partial charge in [-0.05, 0) is 57.1 Å². The second kappa shape index (κ2) is 18.5. The van der Waals surface area contributed by atoms with Gasteiger partial charge in [-0.3, -0.25) is 4.90 Å². The van der Waals surface area contributed by atoms with Crippen LogP contribution in [0.2, 0.25) is 0 Å². The Morgan fingerprint density at radius 1 is 0.566 bits per heavy atom. The molecule has 4 aromatic carbocycles. The van der Waals surface area contributed by atoms with E-state index in [-0.39, 0.29) is 5.75 Å². The minimum atomic E-state index is -6.85. The van der Waals surface area contributed by atoms with Crippen molar-refractivity contribution in [2.75, 3.05) is 6.54 Å². The van der Waals surface area contributed by atoms with Crippen molar-refractivity contribution in [3.8, 4) is 11.5 Å². The van der Waals surface area contributed by atoms with Crippen LogP contribution in [0.1, 0.15) is 34.6 Å². The zero-order valence-electron chi connectivity index (χ0n) is 28.2. The Morgan fingerprint density at radius 2 is 0.925 bits per heavy atom. The molecule has 0 unspecified atom stereocenters. The quantitative estimate of drug-likeness (QED) is 0.109. The molecule has 298 valence electrons. The first-order chi connectivity index (χ1) is 24.0. The molecule has 1 N–H and O–H groups in total. The number of benzene rings is 4. The van der Waals surface area contributed by atoms with E-state index in [1.807, 2.05) is 40.0 Å². The number of nitrogens with zero attached hydrogens (tertiary/aromatic N) is 1. The van der Waals surface area contributed by atoms with Gasteiger partial charge in [0.2, 0.25) is 0 Å². The summed E-state index contributed by atoms with van der Waals surface area (Å²) in [4.78, 5) is 2.46. The first kappa shape index (κ1) is 47.2. The van der Waals surface area contributed by atoms with Crippen LogP contribution in [0.5, 0.6) is 11.5 Å². The average molecular weight is 832 g/mol. The van der Waals surface area contributed by atoms with Crippen LogP contribution in [0, 0.1) is 0 Å². The molecule has 0 heterocycles. The van der Waals surface area contributed by atoms with E-state index in [4.69, 9.17) is 0 Å². The highest BCUT2D eigenvalue weighted by Gasteiger charge is 2.57. The number of phenolic OH excluding ortho intramolecular Hbond substituents is 1. The SMILES string of the molecule is CCN(C(C)C)C(C)C.O=S(=O)(OS(=O)(=O)C(F)(F)F)C(F)(F)F.O=S(=O)(Oc1cccc2ccccc12)C(F)(F)F.Oc1cccc2ccccc12. The van der Waals surface area contributed by atoms with Crippen LogP contribution in [0.3, 0.4) is 0 Å². The second-order valence-electron chi connectivity index (χ2n) is 10.8. The van der Waals surface area contributed by atoms with Crippen molar-refractivity contribution in [3.63, 3.8) is 0 Å². The molecular formula is C31H34F9NO9S3. The molecule has 0 amide bonds. The number of fused-ring (bicyclic) bond motifs is 2. The molecule has 0 bridgehead atoms. The molecule has 0 saturated carbocycles. The smallest absolute Gasteiger partial charge is 0.507 e. The molecule has 0 aliphatic rings. The van der Waals surface area contributed by atoms with Gasteiger partial charge in [-0.1, -0.05) is 79.7 Å². The fraction of sp³-hybridized carbons (Fsp3) is 0.355. The third-order valence-corrected chi connectivity index (χ3v) is 9.97. The summed E-state index contributed by atoms with van der Waals surface area (Å²) < 4.78 is 173. The van der Waals surface area contributed by atoms with Crippen LogP contribution in [-0.4, -0.2) is 70.4 Å². The average Bonchev–Trinajstić information content (AvgIpc) is 3.00. The van der Waals surface area contributed by atoms with Crippen LogP contribution in [0.15, 0.2) is 84.9 Å². The van der Waals surface area contributed by atoms with E-state index in [9.17, 15) is 69.9 Å². The third kappa shape index (κ3) is 13.8. The van der Waals surface area contributed by atoms with Crippen molar-refractivity contribution >= 4 is 51.9 Å². The molecule has 0 aliphatic carbocycles. The Hall–Kier alpha value is -3.86. The summed E-state index contributed by atoms with van der Waals surface area (Å²) in [5, 5.41) is 12.2. The Kier molecular flexibility index (Phi) is 16.4. The molecule has 0 spiro atoms. The Labute approximate surface area is 300 Å². The molecule has 0 atom stereocenters. The topological polar surface area (TPSA) is 144 Å². The van der Waals surface area contributed by atoms with E-state index in [1.54, 1.807) is 30.3 Å². The van der Waals surface area contributed by atoms with Gasteiger partial charge in [0.25, 0.3) is 0 Å². The summed E-state index contributed by atoms with van der Waals surface area (Å²) in [5.74, 6) is 0.00789. The van der Waals surface area contributed by atoms with E-state index in [0.717, 1.165) is 17.3 Å². The Bertz CT molecular complexity index is 2060. The lowest BCUT2D eigenvalue weighted by molar-refractivity contribution is -0.0586. The molecule has 0 aliphatic heterocycles. The zero-order valence-corrected chi connectivity index (χ0v) is 30.7. The second-order valence-corrected chi connectivity index (χ2v) is 15.7. The summed E-state index contributed by atoms with van der Waals surface area (Å²) in [7, 11) is -19.3. The molecular weight excluding hydrogens is 798 g/mol. The number of alkyl halides is 9. The number of hydrogen-bond acceptors (Lipinski definition) is 10. The number of hydrogen-bond donors (Lipinski definition) is 1. The molecule has 4 rings (SSSR count). The number of aromatic hydroxyl groups is 1. The molecule has 0 saturated heterocycles. The van der Waals surface area contributed by atoms with Gasteiger partial charge in [0, 0.05) is 22.9 Å². The lowest BCUT2D eigenvalue weighted by Crippen LogP contribution is -2.36. The summed E-state index contributed by atoms with van der Waals surface area (Å²) in [6.07, 6.45) is 0. The maximum atomic E-state index is 12.2. The molecule has 0 aromatic heterocycles. The van der Waals surface area contributed by atoms with Gasteiger partial charge in [-0.25, -0.2) is 0 Å². The van der Waals surface area contributed by atoms with Crippen LogP contribution < -0.4 is 4.18 Å². The fourth-order valence-corrected chi connectivity index (χ4v) is 6.20. The van der Waals surface area contributed by atoms with E-state index in [1.165, 1.54) is 18.2 Å². The van der Waals surface area contributed by atoms with Crippen molar-refractivity contribution in [2.24, 2.45) is 0 Å². The lowest BCUT2D eigenvalue weighted by atomic mass is 10.1. The van der Waals surface area contributed by atoms with Crippen molar-refractivity contribution in [1.29, 1.82) is 0 Å². The predicted molar refractivity (Wildman–Crippen MR) is 179 cm³/mol. The van der Waals surface area contributed by atoms with E-state index >= 15 is 0 Å². The molecule has 0 fully saturated rings. The fourth-order valence-electron chi connectivity index (χ4n) is 4.16. The minimum absolute atomic E-state index is 0.299. The third-order valence-electron chi connectivity index (χ3n) is 6.44. The van der Waals surface area contributed by atoms with Crippen LogP contribution >= 0.6 is 0 Å². The zero-order chi connectivity index (χ0) is 41.2. The lowest BCUT2D eigenvalue weighted by Gasteiger charge is -2.28. The first-order valence-corrected chi connectivity index (χ1v) is 19.0. The van der Waals surface area contributed by atoms with Crippen molar-refractivity contribution in [2.45, 2.75) is 63.2 Å². The maximum absolute atomic E-state index is 12.2. The summed E-state index contributed by atoms with van der Waals surface area (Å²) in [5.41, 5.74) is -18.0. The van der Waals surface area contributed by atoms with Crippen LogP contribution in [0.25, 0.3) is 21.5 Å². The van der Waals surface area contributed by atoms with E-state index < -0.39 is 46.9 Å². The predicted octanol–water partition coefficient (Wildman–Crippen LogP) is 8.44. The van der Waals surface area contributed by atoms with Crippen molar-refractivity contribution in [1.82, 2.24) is 4.90 Å². The molecule has 0 radical (unpaired) electrons. The van der Waals surface area contributed by atoms with E-state index in [2.05, 4.69) is 43.7 Å². The Morgan fingerprint density at radius 3 is 1.28 bits per heavy atom. The summed E-state index contributed by atoms with van der Waals surface area (Å²) in [6.45, 7) is 12.3. The van der Waals surface area contributed by atoms with Gasteiger partial charge in [-0.15, -0.1) is 3.63 Å². The molecule has 10 nitrogen and oxygen atoms in total. The standard InChI is InChI=1S/C11H7F3O3S.C10H8O.C8H19N.C2F6O5S2/c12-11(13,14)18(15,16)17-10-7-3-5-8-4-1-2-6-9(8)10;11-10-7-3-5-8-4-1-2-6-9(8)10;1-6-9(7(2)3)8(4)5;3-1(4,5)14(9,10)13-15(11,12)2(6,7)8/h1-7H;1-7,11H;7-8H,6H2,1-5H3;. The number of phenols is 1. The largest absolute Gasteiger partial charge is 0.534 e. The monoisotopic (exact) mass is 831 g/mol. The molecule has 53 heavy (non-hydrogen) atoms. The van der Waals surface area contributed by atoms with Crippen molar-refractivity contribution < 1.29 is 77.7 Å². The summed E-state index contributed by atoms with van der Waals surface area (Å²) >= 11 is 0. The van der Waals surface area contributed by atoms with Gasteiger partial charge in [0.05, 0.1) is 0 Å².